The summed E-state index contributed by atoms with van der Waals surface area (Å²) in [5.74, 6) is -3.12. The van der Waals surface area contributed by atoms with E-state index in [-0.39, 0.29) is 30.6 Å². The summed E-state index contributed by atoms with van der Waals surface area (Å²) in [6, 6.07) is 20.0. The van der Waals surface area contributed by atoms with Gasteiger partial charge in [0.25, 0.3) is 0 Å². The van der Waals surface area contributed by atoms with Gasteiger partial charge in [-0.2, -0.15) is 0 Å². The third-order valence-corrected chi connectivity index (χ3v) is 5.09. The molecule has 4 aromatic rings. The molecule has 0 fully saturated rings. The SMILES string of the molecule is CCc1ccc(C(=O)[O-])cc1.CCc1ccc(C(=O)[O-])cc1.NC(=O)c1cccnc1.NC(=O)c1cccnc1.[Zn+2]. The van der Waals surface area contributed by atoms with Crippen LogP contribution in [0.2, 0.25) is 0 Å². The number of nitrogens with zero attached hydrogens (tertiary/aromatic N) is 2. The first-order valence-electron chi connectivity index (χ1n) is 12.1. The average molecular weight is 608 g/mol. The van der Waals surface area contributed by atoms with E-state index in [2.05, 4.69) is 9.97 Å². The Morgan fingerprint density at radius 3 is 1.07 bits per heavy atom. The molecule has 0 unspecified atom stereocenters. The molecule has 0 spiro atoms. The number of rotatable bonds is 6. The number of pyridine rings is 2. The maximum atomic E-state index is 10.4. The monoisotopic (exact) mass is 606 g/mol. The van der Waals surface area contributed by atoms with Crippen molar-refractivity contribution in [2.45, 2.75) is 26.7 Å². The Bertz CT molecular complexity index is 1240. The van der Waals surface area contributed by atoms with Crippen molar-refractivity contribution in [2.75, 3.05) is 0 Å². The van der Waals surface area contributed by atoms with Crippen LogP contribution in [0.5, 0.6) is 0 Å². The Morgan fingerprint density at radius 1 is 0.585 bits per heavy atom. The van der Waals surface area contributed by atoms with Crippen LogP contribution in [-0.4, -0.2) is 33.7 Å². The van der Waals surface area contributed by atoms with Crippen LogP contribution in [0.25, 0.3) is 0 Å². The fourth-order valence-electron chi connectivity index (χ4n) is 2.77. The molecule has 2 heterocycles. The predicted octanol–water partition coefficient (Wildman–Crippen LogP) is 1.58. The van der Waals surface area contributed by atoms with Gasteiger partial charge in [0.05, 0.1) is 23.1 Å². The summed E-state index contributed by atoms with van der Waals surface area (Å²) in [5.41, 5.74) is 13.5. The minimum Gasteiger partial charge on any atom is -0.545 e. The van der Waals surface area contributed by atoms with Crippen molar-refractivity contribution in [3.63, 3.8) is 0 Å². The zero-order chi connectivity index (χ0) is 29.9. The van der Waals surface area contributed by atoms with Crippen molar-refractivity contribution >= 4 is 23.8 Å². The molecule has 10 nitrogen and oxygen atoms in total. The number of benzene rings is 2. The van der Waals surface area contributed by atoms with Gasteiger partial charge >= 0.3 is 19.5 Å². The van der Waals surface area contributed by atoms with Crippen molar-refractivity contribution in [1.82, 2.24) is 9.97 Å². The van der Waals surface area contributed by atoms with E-state index in [1.807, 2.05) is 13.8 Å². The number of primary amides is 2. The molecule has 4 N–H and O–H groups in total. The Hall–Kier alpha value is -4.76. The van der Waals surface area contributed by atoms with Gasteiger partial charge in [-0.1, -0.05) is 62.4 Å². The van der Waals surface area contributed by atoms with Crippen LogP contribution in [0, 0.1) is 0 Å². The van der Waals surface area contributed by atoms with Gasteiger partial charge in [0.1, 0.15) is 0 Å². The Balaban J connectivity index is 0.000000518. The van der Waals surface area contributed by atoms with Crippen molar-refractivity contribution in [1.29, 1.82) is 0 Å². The molecule has 11 heteroatoms. The normalized spacial score (nSPS) is 9.02. The largest absolute Gasteiger partial charge is 2.00 e. The van der Waals surface area contributed by atoms with Crippen LogP contribution < -0.4 is 21.7 Å². The number of aromatic carboxylic acids is 2. The summed E-state index contributed by atoms with van der Waals surface area (Å²) in [6.07, 6.45) is 7.89. The maximum absolute atomic E-state index is 10.4. The van der Waals surface area contributed by atoms with Crippen LogP contribution >= 0.6 is 0 Å². The Morgan fingerprint density at radius 2 is 0.902 bits per heavy atom. The summed E-state index contributed by atoms with van der Waals surface area (Å²) < 4.78 is 0. The van der Waals surface area contributed by atoms with Crippen molar-refractivity contribution < 1.29 is 48.9 Å². The summed E-state index contributed by atoms with van der Waals surface area (Å²) in [5, 5.41) is 20.6. The number of carbonyl (C=O) groups is 4. The molecule has 2 amide bonds. The molecule has 0 aliphatic rings. The fourth-order valence-corrected chi connectivity index (χ4v) is 2.77. The third-order valence-electron chi connectivity index (χ3n) is 5.09. The number of carbonyl (C=O) groups excluding carboxylic acids is 4. The number of hydrogen-bond donors (Lipinski definition) is 2. The first-order chi connectivity index (χ1) is 19.1. The molecular weight excluding hydrogens is 578 g/mol. The van der Waals surface area contributed by atoms with Crippen LogP contribution in [0.15, 0.2) is 97.6 Å². The second kappa shape index (κ2) is 20.2. The van der Waals surface area contributed by atoms with Gasteiger partial charge in [0.15, 0.2) is 0 Å². The van der Waals surface area contributed by atoms with Crippen molar-refractivity contribution in [3.8, 4) is 0 Å². The quantitative estimate of drug-likeness (QED) is 0.308. The number of carboxylic acids is 2. The molecule has 2 aromatic heterocycles. The maximum Gasteiger partial charge on any atom is 2.00 e. The molecule has 0 aliphatic heterocycles. The first-order valence-corrected chi connectivity index (χ1v) is 12.1. The number of amides is 2. The molecule has 208 valence electrons. The minimum atomic E-state index is -1.12. The molecule has 2 aromatic carbocycles. The zero-order valence-corrected chi connectivity index (χ0v) is 25.8. The number of hydrogen-bond acceptors (Lipinski definition) is 8. The molecule has 4 rings (SSSR count). The van der Waals surface area contributed by atoms with Crippen molar-refractivity contribution in [3.05, 3.63) is 131 Å². The van der Waals surface area contributed by atoms with E-state index >= 15 is 0 Å². The molecule has 0 saturated carbocycles. The summed E-state index contributed by atoms with van der Waals surface area (Å²) >= 11 is 0. The smallest absolute Gasteiger partial charge is 0.545 e. The molecule has 41 heavy (non-hydrogen) atoms. The molecule has 0 radical (unpaired) electrons. The van der Waals surface area contributed by atoms with Crippen LogP contribution in [0.1, 0.15) is 66.4 Å². The van der Waals surface area contributed by atoms with E-state index in [1.165, 1.54) is 12.4 Å². The molecular formula is C30H30N4O6Zn. The van der Waals surface area contributed by atoms with Gasteiger partial charge < -0.3 is 31.3 Å². The zero-order valence-electron chi connectivity index (χ0n) is 22.9. The fraction of sp³-hybridized carbons (Fsp3) is 0.133. The predicted molar refractivity (Wildman–Crippen MR) is 146 cm³/mol. The van der Waals surface area contributed by atoms with Crippen LogP contribution in [0.3, 0.4) is 0 Å². The minimum absolute atomic E-state index is 0. The van der Waals surface area contributed by atoms with Gasteiger partial charge in [-0.05, 0) is 59.4 Å². The Kier molecular flexibility index (Phi) is 17.8. The molecule has 0 atom stereocenters. The van der Waals surface area contributed by atoms with Gasteiger partial charge in [-0.25, -0.2) is 0 Å². The van der Waals surface area contributed by atoms with Gasteiger partial charge in [-0.15, -0.1) is 0 Å². The second-order valence-electron chi connectivity index (χ2n) is 7.89. The number of nitrogens with two attached hydrogens (primary N) is 2. The van der Waals surface area contributed by atoms with Crippen LogP contribution in [0.4, 0.5) is 0 Å². The summed E-state index contributed by atoms with van der Waals surface area (Å²) in [7, 11) is 0. The standard InChI is InChI=1S/2C9H10O2.2C6H6N2O.Zn/c2*1-2-7-3-5-8(6-4-7)9(10)11;2*7-6(9)5-2-1-3-8-4-5;/h2*3-6H,2H2,1H3,(H,10,11);2*1-4H,(H2,7,9);/q;;;;+2/p-2. The topological polar surface area (TPSA) is 192 Å². The average Bonchev–Trinajstić information content (AvgIpc) is 2.99. The van der Waals surface area contributed by atoms with E-state index in [4.69, 9.17) is 11.5 Å². The van der Waals surface area contributed by atoms with E-state index in [0.717, 1.165) is 24.0 Å². The number of aromatic nitrogens is 2. The van der Waals surface area contributed by atoms with E-state index in [1.54, 1.807) is 85.2 Å². The summed E-state index contributed by atoms with van der Waals surface area (Å²) in [4.78, 5) is 48.8. The van der Waals surface area contributed by atoms with Gasteiger partial charge in [-0.3, -0.25) is 19.6 Å². The van der Waals surface area contributed by atoms with Gasteiger partial charge in [0, 0.05) is 24.8 Å². The number of aryl methyl sites for hydroxylation is 2. The number of carboxylic acid groups (broad SMARTS) is 2. The van der Waals surface area contributed by atoms with Crippen molar-refractivity contribution in [2.24, 2.45) is 11.5 Å². The molecule has 0 bridgehead atoms. The first kappa shape index (κ1) is 36.2. The second-order valence-corrected chi connectivity index (χ2v) is 7.89. The van der Waals surface area contributed by atoms with E-state index in [9.17, 15) is 29.4 Å². The third kappa shape index (κ3) is 14.8. The van der Waals surface area contributed by atoms with Gasteiger partial charge in [0.2, 0.25) is 11.8 Å². The molecule has 0 saturated heterocycles. The Labute approximate surface area is 251 Å². The molecule has 0 aliphatic carbocycles. The van der Waals surface area contributed by atoms with Crippen LogP contribution in [-0.2, 0) is 32.3 Å². The van der Waals surface area contributed by atoms with E-state index < -0.39 is 23.8 Å². The van der Waals surface area contributed by atoms with E-state index in [0.29, 0.717) is 11.1 Å². The summed E-state index contributed by atoms with van der Waals surface area (Å²) in [6.45, 7) is 4.04.